The molecule has 0 saturated heterocycles. The third-order valence-electron chi connectivity index (χ3n) is 10.7. The highest BCUT2D eigenvalue weighted by molar-refractivity contribution is 5.84. The molecule has 2 aliphatic heterocycles. The van der Waals surface area contributed by atoms with E-state index in [-0.39, 0.29) is 48.0 Å². The van der Waals surface area contributed by atoms with Gasteiger partial charge in [0.05, 0.1) is 37.7 Å². The molecule has 1 aromatic heterocycles. The van der Waals surface area contributed by atoms with Crippen molar-refractivity contribution in [1.82, 2.24) is 10.3 Å². The summed E-state index contributed by atoms with van der Waals surface area (Å²) >= 11 is 0. The lowest BCUT2D eigenvalue weighted by Gasteiger charge is -2.46. The molecule has 11 heteroatoms. The van der Waals surface area contributed by atoms with E-state index in [4.69, 9.17) is 15.2 Å². The van der Waals surface area contributed by atoms with E-state index in [0.29, 0.717) is 56.0 Å². The molecule has 262 valence electrons. The van der Waals surface area contributed by atoms with Crippen molar-refractivity contribution in [3.63, 3.8) is 0 Å². The van der Waals surface area contributed by atoms with Gasteiger partial charge in [-0.1, -0.05) is 12.1 Å². The van der Waals surface area contributed by atoms with Gasteiger partial charge in [-0.2, -0.15) is 0 Å². The second-order valence-electron chi connectivity index (χ2n) is 13.5. The van der Waals surface area contributed by atoms with Gasteiger partial charge in [0.25, 0.3) is 0 Å². The van der Waals surface area contributed by atoms with Crippen molar-refractivity contribution in [2.24, 2.45) is 23.0 Å². The molecule has 1 fully saturated rings. The van der Waals surface area contributed by atoms with Gasteiger partial charge in [-0.05, 0) is 104 Å². The number of carbonyl (C=O) groups excluding carboxylic acids is 1. The fourth-order valence-electron chi connectivity index (χ4n) is 8.41. The summed E-state index contributed by atoms with van der Waals surface area (Å²) in [5.41, 5.74) is 9.61. The topological polar surface area (TPSA) is 191 Å². The number of dihydropyridines is 1. The number of H-pyrrole nitrogens is 1. The molecule has 0 radical (unpaired) electrons. The zero-order valence-corrected chi connectivity index (χ0v) is 27.8. The summed E-state index contributed by atoms with van der Waals surface area (Å²) in [6.45, 7) is 0.982. The number of hydrogen-bond donors (Lipinski definition) is 8. The second-order valence-corrected chi connectivity index (χ2v) is 13.5. The zero-order valence-electron chi connectivity index (χ0n) is 27.8. The Labute approximate surface area is 286 Å². The highest BCUT2D eigenvalue weighted by Gasteiger charge is 2.58. The van der Waals surface area contributed by atoms with Crippen molar-refractivity contribution in [2.45, 2.75) is 70.0 Å². The van der Waals surface area contributed by atoms with E-state index in [1.165, 1.54) is 13.2 Å². The Hall–Kier alpha value is -4.61. The van der Waals surface area contributed by atoms with Gasteiger partial charge < -0.3 is 51.0 Å². The van der Waals surface area contributed by atoms with Gasteiger partial charge in [-0.15, -0.1) is 0 Å². The van der Waals surface area contributed by atoms with Crippen LogP contribution < -0.4 is 20.5 Å². The fourth-order valence-corrected chi connectivity index (χ4v) is 8.41. The van der Waals surface area contributed by atoms with Crippen LogP contribution in [-0.2, 0) is 30.5 Å². The number of benzene rings is 2. The Morgan fingerprint density at radius 2 is 2.00 bits per heavy atom. The van der Waals surface area contributed by atoms with Crippen molar-refractivity contribution in [1.29, 1.82) is 0 Å². The number of Topliss-reactive ketones (excluding diaryl/α,β-unsaturated/α-hetero) is 1. The number of phenols is 3. The van der Waals surface area contributed by atoms with Crippen LogP contribution in [0.25, 0.3) is 0 Å². The Bertz CT molecular complexity index is 1720. The molecule has 1 aliphatic carbocycles. The van der Waals surface area contributed by atoms with Gasteiger partial charge in [0, 0.05) is 41.8 Å². The van der Waals surface area contributed by atoms with E-state index in [1.54, 1.807) is 12.1 Å². The average molecular weight is 674 g/mol. The quantitative estimate of drug-likeness (QED) is 0.124. The Morgan fingerprint density at radius 1 is 1.16 bits per heavy atom. The van der Waals surface area contributed by atoms with Crippen LogP contribution in [0, 0.1) is 17.3 Å². The first-order valence-corrected chi connectivity index (χ1v) is 17.1. The van der Waals surface area contributed by atoms with Gasteiger partial charge in [-0.25, -0.2) is 0 Å². The van der Waals surface area contributed by atoms with Gasteiger partial charge in [0.2, 0.25) is 5.75 Å². The number of carbonyl (C=O) groups is 1. The number of nitrogens with one attached hydrogen (secondary N) is 2. The number of fused-ring (bicyclic) bond motifs is 1. The van der Waals surface area contributed by atoms with Crippen LogP contribution in [0.2, 0.25) is 0 Å². The van der Waals surface area contributed by atoms with Crippen LogP contribution in [0.5, 0.6) is 28.7 Å². The van der Waals surface area contributed by atoms with E-state index in [1.807, 2.05) is 36.5 Å². The number of ketones is 1. The van der Waals surface area contributed by atoms with Crippen LogP contribution in [0.1, 0.15) is 54.5 Å². The van der Waals surface area contributed by atoms with Crippen molar-refractivity contribution < 1.29 is 39.8 Å². The number of aryl methyl sites for hydroxylation is 2. The SMILES string of the molecule is COc1cc(CCC(=O)C(C(O)CCc2ccc(O)c3c2CCCO3)C2(C3=CCNC(N)=C3)CCC(O)C2Cc2ccc[nH]2)cc(O)c1O. The minimum Gasteiger partial charge on any atom is -0.504 e. The van der Waals surface area contributed by atoms with E-state index in [9.17, 15) is 30.3 Å². The number of methoxy groups -OCH3 is 1. The predicted octanol–water partition coefficient (Wildman–Crippen LogP) is 3.91. The minimum atomic E-state index is -1.09. The Morgan fingerprint density at radius 3 is 2.76 bits per heavy atom. The standard InChI is InChI=1S/C38H47N3O8/c1-48-33-19-22(18-32(46)36(33)47)6-9-29(43)35(30(44)10-7-23-8-11-31(45)37-26(23)5-3-17-49-37)38(24-13-16-41-34(39)20-24)14-12-28(42)27(38)21-25-4-2-15-40-25/h2,4,8,11,13,15,18-20,27-28,30,35,40-42,44-47H,3,5-7,9-10,12,14,16-17,21,39H2,1H3. The number of aromatic hydroxyl groups is 3. The van der Waals surface area contributed by atoms with Gasteiger partial charge in [0.1, 0.15) is 5.78 Å². The first kappa shape index (κ1) is 34.3. The van der Waals surface area contributed by atoms with Crippen molar-refractivity contribution in [3.8, 4) is 28.7 Å². The number of ether oxygens (including phenoxy) is 2. The summed E-state index contributed by atoms with van der Waals surface area (Å²) in [6.07, 6.45) is 7.82. The first-order chi connectivity index (χ1) is 23.6. The van der Waals surface area contributed by atoms with Crippen molar-refractivity contribution in [3.05, 3.63) is 88.5 Å². The van der Waals surface area contributed by atoms with Gasteiger partial charge >= 0.3 is 0 Å². The molecule has 5 atom stereocenters. The lowest BCUT2D eigenvalue weighted by molar-refractivity contribution is -0.134. The van der Waals surface area contributed by atoms with Gasteiger partial charge in [-0.3, -0.25) is 4.79 Å². The van der Waals surface area contributed by atoms with E-state index in [2.05, 4.69) is 10.3 Å². The normalized spacial score (nSPS) is 23.0. The molecule has 49 heavy (non-hydrogen) atoms. The van der Waals surface area contributed by atoms with Crippen molar-refractivity contribution >= 4 is 5.78 Å². The molecule has 0 spiro atoms. The predicted molar refractivity (Wildman–Crippen MR) is 183 cm³/mol. The maximum absolute atomic E-state index is 14.8. The zero-order chi connectivity index (χ0) is 34.7. The average Bonchev–Trinajstić information content (AvgIpc) is 3.74. The maximum Gasteiger partial charge on any atom is 0.200 e. The maximum atomic E-state index is 14.8. The third kappa shape index (κ3) is 6.82. The summed E-state index contributed by atoms with van der Waals surface area (Å²) in [7, 11) is 1.39. The van der Waals surface area contributed by atoms with Crippen LogP contribution in [0.3, 0.4) is 0 Å². The molecule has 2 aromatic carbocycles. The Balaban J connectivity index is 1.39. The molecule has 11 nitrogen and oxygen atoms in total. The second kappa shape index (κ2) is 14.5. The highest BCUT2D eigenvalue weighted by atomic mass is 16.5. The molecule has 6 rings (SSSR count). The summed E-state index contributed by atoms with van der Waals surface area (Å²) < 4.78 is 11.0. The summed E-state index contributed by atoms with van der Waals surface area (Å²) in [5.74, 6) is -1.07. The molecule has 3 aromatic rings. The number of aliphatic hydroxyl groups excluding tert-OH is 2. The molecular weight excluding hydrogens is 626 g/mol. The minimum absolute atomic E-state index is 0.0370. The number of nitrogens with two attached hydrogens (primary N) is 1. The Kier molecular flexibility index (Phi) is 10.1. The van der Waals surface area contributed by atoms with Crippen LogP contribution in [-0.4, -0.2) is 68.8 Å². The molecule has 3 aliphatic rings. The van der Waals surface area contributed by atoms with E-state index in [0.717, 1.165) is 35.2 Å². The fraction of sp³-hybridized carbons (Fsp3) is 0.447. The molecule has 0 amide bonds. The molecule has 1 saturated carbocycles. The number of hydrogen-bond acceptors (Lipinski definition) is 10. The van der Waals surface area contributed by atoms with Crippen LogP contribution >= 0.6 is 0 Å². The molecule has 3 heterocycles. The van der Waals surface area contributed by atoms with Crippen LogP contribution in [0.4, 0.5) is 0 Å². The number of phenolic OH excluding ortho intramolecular Hbond substituents is 3. The number of rotatable bonds is 13. The van der Waals surface area contributed by atoms with Crippen molar-refractivity contribution in [2.75, 3.05) is 20.3 Å². The molecule has 9 N–H and O–H groups in total. The number of aromatic amines is 1. The smallest absolute Gasteiger partial charge is 0.200 e. The molecular formula is C38H47N3O8. The van der Waals surface area contributed by atoms with E-state index < -0.39 is 29.5 Å². The number of allylic oxidation sites excluding steroid dienone is 2. The lowest BCUT2D eigenvalue weighted by Crippen LogP contribution is -2.50. The first-order valence-electron chi connectivity index (χ1n) is 17.1. The monoisotopic (exact) mass is 673 g/mol. The summed E-state index contributed by atoms with van der Waals surface area (Å²) in [6, 6.07) is 10.3. The van der Waals surface area contributed by atoms with Crippen LogP contribution in [0.15, 0.2) is 66.1 Å². The number of aliphatic hydroxyl groups is 2. The van der Waals surface area contributed by atoms with E-state index >= 15 is 0 Å². The van der Waals surface area contributed by atoms with Gasteiger partial charge in [0.15, 0.2) is 23.0 Å². The molecule has 5 unspecified atom stereocenters. The highest BCUT2D eigenvalue weighted by Crippen LogP contribution is 2.57. The number of aromatic nitrogens is 1. The lowest BCUT2D eigenvalue weighted by atomic mass is 9.58. The third-order valence-corrected chi connectivity index (χ3v) is 10.7. The summed E-state index contributed by atoms with van der Waals surface area (Å²) in [4.78, 5) is 18.0. The molecule has 0 bridgehead atoms. The summed E-state index contributed by atoms with van der Waals surface area (Å²) in [5, 5.41) is 58.0. The largest absolute Gasteiger partial charge is 0.504 e.